The number of rotatable bonds is 15. The van der Waals surface area contributed by atoms with Gasteiger partial charge in [0.1, 0.15) is 11.6 Å². The Bertz CT molecular complexity index is 2070. The van der Waals surface area contributed by atoms with Gasteiger partial charge in [-0.25, -0.2) is 14.7 Å². The highest BCUT2D eigenvalue weighted by molar-refractivity contribution is 8.76. The van der Waals surface area contributed by atoms with Crippen LogP contribution in [0.5, 0.6) is 23.0 Å². The number of amides is 3. The smallest absolute Gasteiger partial charge is 0.416 e. The van der Waals surface area contributed by atoms with Gasteiger partial charge in [0.2, 0.25) is 0 Å². The van der Waals surface area contributed by atoms with Crippen molar-refractivity contribution in [3.63, 3.8) is 0 Å². The van der Waals surface area contributed by atoms with Crippen molar-refractivity contribution in [1.29, 1.82) is 0 Å². The summed E-state index contributed by atoms with van der Waals surface area (Å²) >= 11 is 0. The summed E-state index contributed by atoms with van der Waals surface area (Å²) in [5, 5.41) is 12.6. The largest absolute Gasteiger partial charge is 0.493 e. The number of aliphatic hydroxyl groups excluding tert-OH is 1. The van der Waals surface area contributed by atoms with Gasteiger partial charge in [0.25, 0.3) is 11.8 Å². The first-order valence-corrected chi connectivity index (χ1v) is 21.7. The number of pyridine rings is 1. The van der Waals surface area contributed by atoms with Crippen LogP contribution < -0.4 is 23.8 Å². The zero-order valence-electron chi connectivity index (χ0n) is 33.2. The van der Waals surface area contributed by atoms with E-state index in [-0.39, 0.29) is 41.1 Å². The molecule has 4 aliphatic heterocycles. The van der Waals surface area contributed by atoms with Crippen LogP contribution in [0.25, 0.3) is 0 Å². The summed E-state index contributed by atoms with van der Waals surface area (Å²) < 4.78 is 29.3. The third kappa shape index (κ3) is 8.88. The van der Waals surface area contributed by atoms with Gasteiger partial charge in [-0.1, -0.05) is 42.9 Å². The average Bonchev–Trinajstić information content (AvgIpc) is 3.71. The maximum absolute atomic E-state index is 14.1. The first-order chi connectivity index (χ1) is 28.0. The monoisotopic (exact) mass is 831 g/mol. The molecule has 2 saturated heterocycles. The van der Waals surface area contributed by atoms with E-state index in [0.29, 0.717) is 92.0 Å². The molecule has 14 nitrogen and oxygen atoms in total. The molecule has 0 bridgehead atoms. The molecular formula is C42H49N5O9S2. The Morgan fingerprint density at radius 1 is 0.931 bits per heavy atom. The molecule has 0 aliphatic carbocycles. The van der Waals surface area contributed by atoms with Crippen LogP contribution in [0.15, 0.2) is 70.8 Å². The number of methoxy groups -OCH3 is 2. The molecule has 3 aromatic rings. The summed E-state index contributed by atoms with van der Waals surface area (Å²) in [6.45, 7) is 9.85. The first-order valence-electron chi connectivity index (χ1n) is 19.3. The highest BCUT2D eigenvalue weighted by Gasteiger charge is 2.50. The molecule has 7 rings (SSSR count). The topological polar surface area (TPSA) is 153 Å². The number of carbonyl (C=O) groups excluding carboxylic acids is 3. The molecule has 0 saturated carbocycles. The number of hydrogen-bond donors (Lipinski definition) is 1. The van der Waals surface area contributed by atoms with Crippen LogP contribution in [-0.4, -0.2) is 115 Å². The molecule has 5 heterocycles. The SMILES string of the molecule is C=C1C[C@H]2C=Nc3cc(OCCCCCOc4cc5c(cc4OC)C(=O)N4CC(C)(C)C[C@H]4[C@H](O)N5C(=O)OCCSSc4ccccn4)c(OC)cc3C(=O)N2C1. The highest BCUT2D eigenvalue weighted by atomic mass is 33.1. The van der Waals surface area contributed by atoms with Crippen molar-refractivity contribution in [2.45, 2.75) is 69.3 Å². The van der Waals surface area contributed by atoms with Crippen LogP contribution >= 0.6 is 21.6 Å². The summed E-state index contributed by atoms with van der Waals surface area (Å²) in [7, 11) is 6.01. The number of aromatic nitrogens is 1. The van der Waals surface area contributed by atoms with Gasteiger partial charge in [-0.3, -0.25) is 14.6 Å². The van der Waals surface area contributed by atoms with E-state index >= 15 is 0 Å². The number of nitrogens with zero attached hydrogens (tertiary/aromatic N) is 5. The van der Waals surface area contributed by atoms with Crippen molar-refractivity contribution in [2.75, 3.05) is 57.8 Å². The summed E-state index contributed by atoms with van der Waals surface area (Å²) in [6.07, 6.45) is 4.75. The van der Waals surface area contributed by atoms with Gasteiger partial charge in [0.15, 0.2) is 29.2 Å². The molecule has 308 valence electrons. The number of ether oxygens (including phenoxy) is 5. The Kier molecular flexibility index (Phi) is 12.7. The molecule has 1 aromatic heterocycles. The maximum Gasteiger partial charge on any atom is 0.416 e. The van der Waals surface area contributed by atoms with Crippen molar-refractivity contribution in [3.8, 4) is 23.0 Å². The Hall–Kier alpha value is -4.93. The Balaban J connectivity index is 0.981. The third-order valence-corrected chi connectivity index (χ3v) is 12.8. The van der Waals surface area contributed by atoms with Crippen molar-refractivity contribution in [2.24, 2.45) is 10.4 Å². The van der Waals surface area contributed by atoms with Crippen molar-refractivity contribution in [1.82, 2.24) is 14.8 Å². The molecule has 58 heavy (non-hydrogen) atoms. The van der Waals surface area contributed by atoms with Gasteiger partial charge in [-0.05, 0) is 72.6 Å². The quantitative estimate of drug-likeness (QED) is 0.0939. The number of hydrogen-bond acceptors (Lipinski definition) is 13. The molecule has 0 spiro atoms. The number of aliphatic hydroxyl groups is 1. The Morgan fingerprint density at radius 2 is 1.64 bits per heavy atom. The zero-order valence-corrected chi connectivity index (χ0v) is 34.8. The number of anilines is 1. The fourth-order valence-electron chi connectivity index (χ4n) is 7.76. The lowest BCUT2D eigenvalue weighted by molar-refractivity contribution is 0.0493. The van der Waals surface area contributed by atoms with E-state index < -0.39 is 18.4 Å². The lowest BCUT2D eigenvalue weighted by Crippen LogP contribution is -2.51. The summed E-state index contributed by atoms with van der Waals surface area (Å²) in [5.41, 5.74) is 2.17. The first kappa shape index (κ1) is 41.2. The van der Waals surface area contributed by atoms with Crippen LogP contribution in [-0.2, 0) is 4.74 Å². The van der Waals surface area contributed by atoms with E-state index in [9.17, 15) is 19.5 Å². The van der Waals surface area contributed by atoms with E-state index in [2.05, 4.69) is 16.6 Å². The number of benzene rings is 2. The lowest BCUT2D eigenvalue weighted by atomic mass is 9.90. The fourth-order valence-corrected chi connectivity index (χ4v) is 9.46. The number of aliphatic imine (C=N–C) groups is 1. The normalized spacial score (nSPS) is 20.5. The van der Waals surface area contributed by atoms with E-state index in [4.69, 9.17) is 23.7 Å². The minimum Gasteiger partial charge on any atom is -0.493 e. The summed E-state index contributed by atoms with van der Waals surface area (Å²) in [4.78, 5) is 54.7. The van der Waals surface area contributed by atoms with Crippen molar-refractivity contribution in [3.05, 3.63) is 71.9 Å². The predicted octanol–water partition coefficient (Wildman–Crippen LogP) is 7.17. The minimum atomic E-state index is -1.35. The standard InChI is InChI=1S/C42H49N5O9S2/c1-26-17-27-23-44-30-20-35(33(52-4)18-28(30)38(48)45(27)24-26)54-13-9-6-10-14-55-36-21-31-29(19-34(36)53-5)39(49)46-25-42(2,3)22-32(46)40(50)47(31)41(51)56-15-16-57-58-37-11-7-8-12-43-37/h7-8,11-12,18-21,23,27,32,40,50H,1,6,9-10,13-17,22,24-25H2,2-5H3/t27-,32-,40-/m0/s1. The van der Waals surface area contributed by atoms with E-state index in [0.717, 1.165) is 17.0 Å². The van der Waals surface area contributed by atoms with Crippen LogP contribution in [0.3, 0.4) is 0 Å². The van der Waals surface area contributed by atoms with Gasteiger partial charge < -0.3 is 38.6 Å². The number of carbonyl (C=O) groups is 3. The molecule has 3 atom stereocenters. The second-order valence-electron chi connectivity index (χ2n) is 15.4. The lowest BCUT2D eigenvalue weighted by Gasteiger charge is -2.31. The van der Waals surface area contributed by atoms with E-state index in [1.807, 2.05) is 32.0 Å². The number of fused-ring (bicyclic) bond motifs is 4. The Morgan fingerprint density at radius 3 is 2.34 bits per heavy atom. The van der Waals surface area contributed by atoms with Crippen molar-refractivity contribution < 1.29 is 43.2 Å². The number of unbranched alkanes of at least 4 members (excludes halogenated alkanes) is 2. The molecule has 1 N–H and O–H groups in total. The molecule has 4 aliphatic rings. The molecule has 0 unspecified atom stereocenters. The summed E-state index contributed by atoms with van der Waals surface area (Å²) in [6, 6.07) is 11.5. The molecule has 2 fully saturated rings. The van der Waals surface area contributed by atoms with Crippen LogP contribution in [0, 0.1) is 5.41 Å². The minimum absolute atomic E-state index is 0.0851. The van der Waals surface area contributed by atoms with Gasteiger partial charge in [-0.15, -0.1) is 0 Å². The van der Waals surface area contributed by atoms with Crippen molar-refractivity contribution >= 4 is 57.1 Å². The van der Waals surface area contributed by atoms with Crippen LogP contribution in [0.4, 0.5) is 16.2 Å². The average molecular weight is 832 g/mol. The van der Waals surface area contributed by atoms with Gasteiger partial charge in [-0.2, -0.15) is 0 Å². The van der Waals surface area contributed by atoms with E-state index in [1.54, 1.807) is 53.6 Å². The highest BCUT2D eigenvalue weighted by Crippen LogP contribution is 2.45. The molecule has 3 amide bonds. The van der Waals surface area contributed by atoms with Gasteiger partial charge in [0.05, 0.1) is 62.0 Å². The Labute approximate surface area is 346 Å². The predicted molar refractivity (Wildman–Crippen MR) is 223 cm³/mol. The van der Waals surface area contributed by atoms with Gasteiger partial charge in [0, 0.05) is 43.4 Å². The second kappa shape index (κ2) is 17.9. The summed E-state index contributed by atoms with van der Waals surface area (Å²) in [5.74, 6) is 1.71. The molecular weight excluding hydrogens is 783 g/mol. The third-order valence-electron chi connectivity index (χ3n) is 10.5. The maximum atomic E-state index is 14.1. The molecule has 16 heteroatoms. The van der Waals surface area contributed by atoms with E-state index in [1.165, 1.54) is 33.6 Å². The second-order valence-corrected chi connectivity index (χ2v) is 17.8. The fraction of sp³-hybridized carbons (Fsp3) is 0.452. The van der Waals surface area contributed by atoms with Crippen LogP contribution in [0.2, 0.25) is 0 Å². The molecule has 0 radical (unpaired) electrons. The van der Waals surface area contributed by atoms with Gasteiger partial charge >= 0.3 is 6.09 Å². The molecule has 2 aromatic carbocycles. The van der Waals surface area contributed by atoms with Crippen LogP contribution in [0.1, 0.15) is 66.7 Å². The zero-order chi connectivity index (χ0) is 41.0.